The van der Waals surface area contributed by atoms with Crippen molar-refractivity contribution in [3.05, 3.63) is 65.5 Å². The number of hydrogen-bond donors (Lipinski definition) is 0. The molecular weight excluding hydrogens is 473 g/mol. The first-order valence-electron chi connectivity index (χ1n) is 11.8. The summed E-state index contributed by atoms with van der Waals surface area (Å²) in [6.07, 6.45) is 7.38. The van der Waals surface area contributed by atoms with Gasteiger partial charge < -0.3 is 4.90 Å². The van der Waals surface area contributed by atoms with Gasteiger partial charge in [0.25, 0.3) is 0 Å². The average Bonchev–Trinajstić information content (AvgIpc) is 3.45. The van der Waals surface area contributed by atoms with Gasteiger partial charge in [-0.25, -0.2) is 8.91 Å². The number of benzene rings is 1. The molecule has 9 heteroatoms. The van der Waals surface area contributed by atoms with E-state index in [1.165, 1.54) is 30.1 Å². The van der Waals surface area contributed by atoms with Gasteiger partial charge in [0.1, 0.15) is 18.0 Å². The smallest absolute Gasteiger partial charge is 0.124 e. The molecular formula is C27H26FN7S. The van der Waals surface area contributed by atoms with Gasteiger partial charge in [-0.05, 0) is 64.9 Å². The highest BCUT2D eigenvalue weighted by molar-refractivity contribution is 7.99. The van der Waals surface area contributed by atoms with Crippen molar-refractivity contribution < 1.29 is 4.39 Å². The zero-order valence-corrected chi connectivity index (χ0v) is 21.5. The molecule has 182 valence electrons. The minimum Gasteiger partial charge on any atom is -0.301 e. The molecule has 5 rings (SSSR count). The van der Waals surface area contributed by atoms with E-state index in [1.807, 2.05) is 18.5 Å². The van der Waals surface area contributed by atoms with E-state index in [2.05, 4.69) is 54.6 Å². The van der Waals surface area contributed by atoms with E-state index in [0.29, 0.717) is 22.0 Å². The normalized spacial score (nSPS) is 17.7. The van der Waals surface area contributed by atoms with Crippen LogP contribution in [0.25, 0.3) is 16.6 Å². The number of hydrogen-bond acceptors (Lipinski definition) is 6. The lowest BCUT2D eigenvalue weighted by Gasteiger charge is -2.43. The maximum absolute atomic E-state index is 13.7. The number of piperidine rings is 1. The molecule has 7 nitrogen and oxygen atoms in total. The molecule has 3 aromatic heterocycles. The third-order valence-electron chi connectivity index (χ3n) is 7.25. The molecule has 1 aliphatic rings. The van der Waals surface area contributed by atoms with Gasteiger partial charge in [-0.1, -0.05) is 11.8 Å². The van der Waals surface area contributed by atoms with Crippen LogP contribution in [0.4, 0.5) is 4.39 Å². The molecule has 0 radical (unpaired) electrons. The number of nitrogens with zero attached hydrogens (tertiary/aromatic N) is 7. The van der Waals surface area contributed by atoms with Gasteiger partial charge in [-0.15, -0.1) is 0 Å². The maximum atomic E-state index is 13.7. The summed E-state index contributed by atoms with van der Waals surface area (Å²) < 4.78 is 17.6. The summed E-state index contributed by atoms with van der Waals surface area (Å²) in [5.41, 5.74) is 4.41. The number of rotatable bonds is 4. The van der Waals surface area contributed by atoms with Crippen LogP contribution >= 0.6 is 11.8 Å². The van der Waals surface area contributed by atoms with E-state index in [-0.39, 0.29) is 11.1 Å². The molecule has 36 heavy (non-hydrogen) atoms. The molecule has 0 amide bonds. The minimum absolute atomic E-state index is 0.0978. The van der Waals surface area contributed by atoms with Crippen LogP contribution in [-0.2, 0) is 0 Å². The maximum Gasteiger partial charge on any atom is 0.124 e. The lowest BCUT2D eigenvalue weighted by atomic mass is 9.87. The topological polar surface area (TPSA) is 85.9 Å². The van der Waals surface area contributed by atoms with Gasteiger partial charge in [0.05, 0.1) is 35.1 Å². The monoisotopic (exact) mass is 499 g/mol. The highest BCUT2D eigenvalue weighted by Crippen LogP contribution is 2.39. The van der Waals surface area contributed by atoms with Crippen LogP contribution in [0.3, 0.4) is 0 Å². The second kappa shape index (κ2) is 9.09. The van der Waals surface area contributed by atoms with Crippen molar-refractivity contribution >= 4 is 17.3 Å². The van der Waals surface area contributed by atoms with Crippen LogP contribution in [0.1, 0.15) is 49.6 Å². The molecule has 0 bridgehead atoms. The first-order chi connectivity index (χ1) is 17.2. The van der Waals surface area contributed by atoms with Crippen LogP contribution in [0, 0.1) is 35.4 Å². The fraction of sp³-hybridized carbons (Fsp3) is 0.333. The molecule has 1 aliphatic heterocycles. The summed E-state index contributed by atoms with van der Waals surface area (Å²) >= 11 is 1.33. The predicted molar refractivity (Wildman–Crippen MR) is 136 cm³/mol. The fourth-order valence-corrected chi connectivity index (χ4v) is 6.03. The van der Waals surface area contributed by atoms with E-state index in [9.17, 15) is 14.9 Å². The van der Waals surface area contributed by atoms with Crippen LogP contribution in [0.5, 0.6) is 0 Å². The summed E-state index contributed by atoms with van der Waals surface area (Å²) in [7, 11) is 2.17. The Bertz CT molecular complexity index is 1550. The highest BCUT2D eigenvalue weighted by Gasteiger charge is 2.34. The van der Waals surface area contributed by atoms with Gasteiger partial charge in [0.15, 0.2) is 0 Å². The second-order valence-electron chi connectivity index (χ2n) is 9.88. The van der Waals surface area contributed by atoms with Crippen LogP contribution in [0.15, 0.2) is 52.6 Å². The molecule has 4 heterocycles. The van der Waals surface area contributed by atoms with Crippen molar-refractivity contribution in [2.45, 2.75) is 55.0 Å². The molecule has 0 N–H and O–H groups in total. The summed E-state index contributed by atoms with van der Waals surface area (Å²) in [4.78, 5) is 3.78. The second-order valence-corrected chi connectivity index (χ2v) is 11.0. The molecule has 4 aromatic rings. The Morgan fingerprint density at radius 2 is 1.86 bits per heavy atom. The number of likely N-dealkylation sites (tertiary alicyclic amines) is 1. The SMILES string of the molecule is Cc1c(-c2cc(Sc3ccc(F)cc3C#N)c3c(C#N)cnn3c2)cnn1[C@@H]1CCN(C)C(C)(C)C1. The third kappa shape index (κ3) is 4.15. The molecule has 0 unspecified atom stereocenters. The highest BCUT2D eigenvalue weighted by atomic mass is 32.2. The van der Waals surface area contributed by atoms with E-state index in [0.717, 1.165) is 41.1 Å². The van der Waals surface area contributed by atoms with Gasteiger partial charge in [-0.3, -0.25) is 4.68 Å². The predicted octanol–water partition coefficient (Wildman–Crippen LogP) is 5.59. The Morgan fingerprint density at radius 3 is 2.58 bits per heavy atom. The van der Waals surface area contributed by atoms with E-state index < -0.39 is 5.82 Å². The van der Waals surface area contributed by atoms with Gasteiger partial charge >= 0.3 is 0 Å². The molecule has 1 fully saturated rings. The number of pyridine rings is 1. The fourth-order valence-electron chi connectivity index (χ4n) is 4.95. The molecule has 0 saturated carbocycles. The number of aromatic nitrogens is 4. The minimum atomic E-state index is -0.461. The largest absolute Gasteiger partial charge is 0.301 e. The summed E-state index contributed by atoms with van der Waals surface area (Å²) in [6, 6.07) is 10.7. The van der Waals surface area contributed by atoms with Crippen molar-refractivity contribution in [3.8, 4) is 23.3 Å². The number of halogens is 1. The Kier molecular flexibility index (Phi) is 6.07. The summed E-state index contributed by atoms with van der Waals surface area (Å²) in [5.74, 6) is -0.461. The van der Waals surface area contributed by atoms with E-state index >= 15 is 0 Å². The van der Waals surface area contributed by atoms with Crippen LogP contribution in [0.2, 0.25) is 0 Å². The summed E-state index contributed by atoms with van der Waals surface area (Å²) in [6.45, 7) is 7.64. The van der Waals surface area contributed by atoms with Crippen LogP contribution < -0.4 is 0 Å². The first-order valence-corrected chi connectivity index (χ1v) is 12.6. The quantitative estimate of drug-likeness (QED) is 0.364. The van der Waals surface area contributed by atoms with Crippen LogP contribution in [-0.4, -0.2) is 43.4 Å². The van der Waals surface area contributed by atoms with E-state index in [1.54, 1.807) is 10.6 Å². The van der Waals surface area contributed by atoms with Crippen molar-refractivity contribution in [2.75, 3.05) is 13.6 Å². The zero-order valence-electron chi connectivity index (χ0n) is 20.7. The molecule has 0 aliphatic carbocycles. The number of fused-ring (bicyclic) bond motifs is 1. The summed E-state index contributed by atoms with van der Waals surface area (Å²) in [5, 5.41) is 28.4. The third-order valence-corrected chi connectivity index (χ3v) is 8.35. The first kappa shape index (κ1) is 24.1. The zero-order chi connectivity index (χ0) is 25.6. The molecule has 0 spiro atoms. The Hall–Kier alpha value is -3.66. The van der Waals surface area contributed by atoms with Crippen molar-refractivity contribution in [1.29, 1.82) is 10.5 Å². The number of nitriles is 2. The van der Waals surface area contributed by atoms with Crippen molar-refractivity contribution in [1.82, 2.24) is 24.3 Å². The van der Waals surface area contributed by atoms with Crippen molar-refractivity contribution in [3.63, 3.8) is 0 Å². The van der Waals surface area contributed by atoms with Gasteiger partial charge in [-0.2, -0.15) is 20.7 Å². The standard InChI is InChI=1S/C27H26FN7S/c1-17-23(15-32-35(17)22-7-8-33(4)27(2,3)11-22)19-10-25(26-20(13-30)14-31-34(26)16-19)36-24-6-5-21(28)9-18(24)12-29/h5-6,9-10,14-16,22H,7-8,11H2,1-4H3/t22-/m1/s1. The average molecular weight is 500 g/mol. The van der Waals surface area contributed by atoms with E-state index in [4.69, 9.17) is 5.10 Å². The lowest BCUT2D eigenvalue weighted by molar-refractivity contribution is 0.0712. The lowest BCUT2D eigenvalue weighted by Crippen LogP contribution is -2.48. The Balaban J connectivity index is 1.59. The molecule has 1 saturated heterocycles. The van der Waals surface area contributed by atoms with Gasteiger partial charge in [0, 0.05) is 44.9 Å². The van der Waals surface area contributed by atoms with Crippen molar-refractivity contribution in [2.24, 2.45) is 0 Å². The van der Waals surface area contributed by atoms with Gasteiger partial charge in [0.2, 0.25) is 0 Å². The Labute approximate surface area is 213 Å². The molecule has 1 aromatic carbocycles. The Morgan fingerprint density at radius 1 is 1.08 bits per heavy atom. The molecule has 1 atom stereocenters.